The minimum Gasteiger partial charge on any atom is -0.390 e. The summed E-state index contributed by atoms with van der Waals surface area (Å²) in [6.45, 7) is 0. The molecule has 7 heteroatoms. The van der Waals surface area contributed by atoms with E-state index in [-0.39, 0.29) is 11.5 Å². The molecule has 18 heavy (non-hydrogen) atoms. The minimum absolute atomic E-state index is 0.116. The first-order valence-corrected chi connectivity index (χ1v) is 7.87. The van der Waals surface area contributed by atoms with Crippen LogP contribution >= 0.6 is 15.9 Å². The number of sulfone groups is 1. The van der Waals surface area contributed by atoms with Gasteiger partial charge >= 0.3 is 0 Å². The second-order valence-electron chi connectivity index (χ2n) is 4.20. The fourth-order valence-electron chi connectivity index (χ4n) is 1.90. The lowest BCUT2D eigenvalue weighted by molar-refractivity contribution is 0.190. The Hall–Kier alpha value is -1.10. The van der Waals surface area contributed by atoms with Crippen molar-refractivity contribution >= 4 is 31.5 Å². The van der Waals surface area contributed by atoms with Gasteiger partial charge in [0.25, 0.3) is 0 Å². The first kappa shape index (κ1) is 13.3. The maximum Gasteiger partial charge on any atom is 0.155 e. The monoisotopic (exact) mass is 330 g/mol. The molecule has 2 rings (SSSR count). The molecule has 1 aromatic carbocycles. The molecule has 0 radical (unpaired) electrons. The van der Waals surface area contributed by atoms with Crippen LogP contribution in [0.1, 0.15) is 5.56 Å². The topological polar surface area (TPSA) is 90.2 Å². The van der Waals surface area contributed by atoms with E-state index in [1.807, 2.05) is 6.07 Å². The van der Waals surface area contributed by atoms with Crippen LogP contribution in [0.15, 0.2) is 22.7 Å². The third kappa shape index (κ3) is 2.83. The lowest BCUT2D eigenvalue weighted by atomic mass is 10.1. The number of hydrogen-bond acceptors (Lipinski definition) is 5. The van der Waals surface area contributed by atoms with Gasteiger partial charge in [-0.3, -0.25) is 0 Å². The average molecular weight is 331 g/mol. The van der Waals surface area contributed by atoms with E-state index < -0.39 is 22.0 Å². The molecule has 0 spiro atoms. The van der Waals surface area contributed by atoms with Crippen LogP contribution in [0.25, 0.3) is 0 Å². The predicted molar refractivity (Wildman–Crippen MR) is 70.9 cm³/mol. The van der Waals surface area contributed by atoms with E-state index in [1.165, 1.54) is 0 Å². The van der Waals surface area contributed by atoms with E-state index in [4.69, 9.17) is 5.26 Å². The first-order chi connectivity index (χ1) is 8.41. The highest BCUT2D eigenvalue weighted by molar-refractivity contribution is 9.10. The molecule has 1 aromatic rings. The van der Waals surface area contributed by atoms with Gasteiger partial charge in [-0.1, -0.05) is 15.9 Å². The van der Waals surface area contributed by atoms with E-state index in [0.29, 0.717) is 11.3 Å². The SMILES string of the molecule is N#Cc1cc(Br)ccc1NC1CS(=O)(=O)CC1O. The summed E-state index contributed by atoms with van der Waals surface area (Å²) in [5.41, 5.74) is 0.933. The molecule has 0 bridgehead atoms. The molecule has 2 unspecified atom stereocenters. The number of anilines is 1. The molecule has 2 atom stereocenters. The summed E-state index contributed by atoms with van der Waals surface area (Å²) in [6.07, 6.45) is -0.940. The number of halogens is 1. The molecule has 0 saturated carbocycles. The molecule has 2 N–H and O–H groups in total. The molecule has 96 valence electrons. The van der Waals surface area contributed by atoms with E-state index in [2.05, 4.69) is 21.2 Å². The van der Waals surface area contributed by atoms with E-state index in [0.717, 1.165) is 4.47 Å². The molecule has 0 aliphatic carbocycles. The number of aliphatic hydroxyl groups excluding tert-OH is 1. The second-order valence-corrected chi connectivity index (χ2v) is 7.27. The highest BCUT2D eigenvalue weighted by atomic mass is 79.9. The van der Waals surface area contributed by atoms with Crippen molar-refractivity contribution in [1.29, 1.82) is 5.26 Å². The van der Waals surface area contributed by atoms with Gasteiger partial charge in [0.2, 0.25) is 0 Å². The lowest BCUT2D eigenvalue weighted by Gasteiger charge is -2.17. The summed E-state index contributed by atoms with van der Waals surface area (Å²) in [4.78, 5) is 0. The minimum atomic E-state index is -3.20. The quantitative estimate of drug-likeness (QED) is 0.840. The Labute approximate surface area is 113 Å². The molecule has 1 saturated heterocycles. The summed E-state index contributed by atoms with van der Waals surface area (Å²) in [6, 6.07) is 6.52. The molecule has 5 nitrogen and oxygen atoms in total. The third-order valence-corrected chi connectivity index (χ3v) is 4.98. The van der Waals surface area contributed by atoms with Crippen molar-refractivity contribution < 1.29 is 13.5 Å². The number of rotatable bonds is 2. The standard InChI is InChI=1S/C11H11BrN2O3S/c12-8-1-2-9(7(3-8)4-13)14-10-5-18(16,17)6-11(10)15/h1-3,10-11,14-15H,5-6H2. The maximum atomic E-state index is 11.4. The van der Waals surface area contributed by atoms with Crippen LogP contribution in [0.3, 0.4) is 0 Å². The lowest BCUT2D eigenvalue weighted by Crippen LogP contribution is -2.32. The molecule has 1 heterocycles. The molecule has 0 amide bonds. The Bertz CT molecular complexity index is 609. The van der Waals surface area contributed by atoms with Crippen LogP contribution in [-0.2, 0) is 9.84 Å². The number of nitrogens with zero attached hydrogens (tertiary/aromatic N) is 1. The second kappa shape index (κ2) is 4.88. The Morgan fingerprint density at radius 1 is 1.44 bits per heavy atom. The molecular weight excluding hydrogens is 320 g/mol. The summed E-state index contributed by atoms with van der Waals surface area (Å²) in [5, 5.41) is 21.6. The van der Waals surface area contributed by atoms with Crippen molar-refractivity contribution in [3.8, 4) is 6.07 Å². The fraction of sp³-hybridized carbons (Fsp3) is 0.364. The smallest absolute Gasteiger partial charge is 0.155 e. The van der Waals surface area contributed by atoms with Crippen LogP contribution in [-0.4, -0.2) is 37.2 Å². The van der Waals surface area contributed by atoms with Gasteiger partial charge in [-0.15, -0.1) is 0 Å². The van der Waals surface area contributed by atoms with Gasteiger partial charge in [-0.2, -0.15) is 5.26 Å². The number of hydrogen-bond donors (Lipinski definition) is 2. The Morgan fingerprint density at radius 2 is 2.17 bits per heavy atom. The predicted octanol–water partition coefficient (Wildman–Crippen LogP) is 0.891. The Balaban J connectivity index is 2.23. The van der Waals surface area contributed by atoms with Gasteiger partial charge in [-0.05, 0) is 18.2 Å². The summed E-state index contributed by atoms with van der Waals surface area (Å²) in [7, 11) is -3.20. The van der Waals surface area contributed by atoms with Crippen molar-refractivity contribution in [1.82, 2.24) is 0 Å². The van der Waals surface area contributed by atoms with Crippen LogP contribution in [0, 0.1) is 11.3 Å². The Morgan fingerprint density at radius 3 is 2.72 bits per heavy atom. The van der Waals surface area contributed by atoms with Crippen molar-refractivity contribution in [3.63, 3.8) is 0 Å². The number of aliphatic hydroxyl groups is 1. The number of nitrogens with one attached hydrogen (secondary N) is 1. The molecule has 1 fully saturated rings. The van der Waals surface area contributed by atoms with Crippen LogP contribution < -0.4 is 5.32 Å². The summed E-state index contributed by atoms with van der Waals surface area (Å²) < 4.78 is 23.5. The van der Waals surface area contributed by atoms with Crippen molar-refractivity contribution in [2.75, 3.05) is 16.8 Å². The molecule has 1 aliphatic rings. The summed E-state index contributed by atoms with van der Waals surface area (Å²) in [5.74, 6) is -0.349. The number of nitriles is 1. The molecule has 1 aliphatic heterocycles. The molecular formula is C11H11BrN2O3S. The molecule has 0 aromatic heterocycles. The van der Waals surface area contributed by atoms with Crippen molar-refractivity contribution in [2.45, 2.75) is 12.1 Å². The highest BCUT2D eigenvalue weighted by Crippen LogP contribution is 2.23. The largest absolute Gasteiger partial charge is 0.390 e. The third-order valence-electron chi connectivity index (χ3n) is 2.77. The van der Waals surface area contributed by atoms with Gasteiger partial charge in [0.05, 0.1) is 34.9 Å². The zero-order chi connectivity index (χ0) is 13.3. The highest BCUT2D eigenvalue weighted by Gasteiger charge is 2.36. The zero-order valence-corrected chi connectivity index (χ0v) is 11.7. The Kier molecular flexibility index (Phi) is 3.61. The first-order valence-electron chi connectivity index (χ1n) is 5.26. The van der Waals surface area contributed by atoms with E-state index >= 15 is 0 Å². The van der Waals surface area contributed by atoms with E-state index in [1.54, 1.807) is 18.2 Å². The van der Waals surface area contributed by atoms with Crippen LogP contribution in [0.4, 0.5) is 5.69 Å². The normalized spacial score (nSPS) is 25.6. The van der Waals surface area contributed by atoms with Gasteiger partial charge in [0.1, 0.15) is 6.07 Å². The fourth-order valence-corrected chi connectivity index (χ4v) is 4.00. The maximum absolute atomic E-state index is 11.4. The average Bonchev–Trinajstić information content (AvgIpc) is 2.54. The van der Waals surface area contributed by atoms with Crippen molar-refractivity contribution in [2.24, 2.45) is 0 Å². The van der Waals surface area contributed by atoms with Crippen molar-refractivity contribution in [3.05, 3.63) is 28.2 Å². The zero-order valence-electron chi connectivity index (χ0n) is 9.30. The van der Waals surface area contributed by atoms with Gasteiger partial charge in [-0.25, -0.2) is 8.42 Å². The van der Waals surface area contributed by atoms with Gasteiger partial charge in [0, 0.05) is 4.47 Å². The summed E-state index contributed by atoms with van der Waals surface area (Å²) >= 11 is 3.26. The van der Waals surface area contributed by atoms with Gasteiger partial charge in [0.15, 0.2) is 9.84 Å². The van der Waals surface area contributed by atoms with Gasteiger partial charge < -0.3 is 10.4 Å². The van der Waals surface area contributed by atoms with Crippen LogP contribution in [0.2, 0.25) is 0 Å². The van der Waals surface area contributed by atoms with Crippen LogP contribution in [0.5, 0.6) is 0 Å². The number of benzene rings is 1. The van der Waals surface area contributed by atoms with E-state index in [9.17, 15) is 13.5 Å².